The van der Waals surface area contributed by atoms with Crippen molar-refractivity contribution in [1.82, 2.24) is 4.98 Å². The minimum absolute atomic E-state index is 0.0738. The number of amidine groups is 1. The van der Waals surface area contributed by atoms with Crippen LogP contribution in [0.5, 0.6) is 0 Å². The lowest BCUT2D eigenvalue weighted by Crippen LogP contribution is -2.14. The Morgan fingerprint density at radius 3 is 2.94 bits per heavy atom. The quantitative estimate of drug-likeness (QED) is 0.649. The molecule has 0 aromatic carbocycles. The Morgan fingerprint density at radius 1 is 1.50 bits per heavy atom. The maximum Gasteiger partial charge on any atom is 0.125 e. The number of nitrogens with two attached hydrogens (primary N) is 1. The molecule has 0 aliphatic heterocycles. The average molecular weight is 249 g/mol. The second-order valence-corrected chi connectivity index (χ2v) is 5.49. The first-order valence-corrected chi connectivity index (χ1v) is 6.39. The van der Waals surface area contributed by atoms with Crippen molar-refractivity contribution in [1.29, 1.82) is 5.41 Å². The SMILES string of the molecule is Cc1ccnc(Sc2cccs2)c1C(=N)N. The zero-order valence-electron chi connectivity index (χ0n) is 8.73. The highest BCUT2D eigenvalue weighted by molar-refractivity contribution is 8.01. The smallest absolute Gasteiger partial charge is 0.125 e. The predicted molar refractivity (Wildman–Crippen MR) is 68.4 cm³/mol. The molecule has 0 atom stereocenters. The summed E-state index contributed by atoms with van der Waals surface area (Å²) in [5.74, 6) is 0.0738. The van der Waals surface area contributed by atoms with Crippen molar-refractivity contribution in [3.05, 3.63) is 40.9 Å². The molecule has 2 aromatic rings. The first kappa shape index (κ1) is 11.2. The number of hydrogen-bond donors (Lipinski definition) is 2. The second-order valence-electron chi connectivity index (χ2n) is 3.26. The third kappa shape index (κ3) is 2.25. The zero-order valence-corrected chi connectivity index (χ0v) is 10.4. The Labute approximate surface area is 102 Å². The van der Waals surface area contributed by atoms with Crippen LogP contribution in [0.1, 0.15) is 11.1 Å². The first-order chi connectivity index (χ1) is 7.68. The van der Waals surface area contributed by atoms with Gasteiger partial charge in [0.15, 0.2) is 0 Å². The van der Waals surface area contributed by atoms with Crippen LogP contribution in [-0.4, -0.2) is 10.8 Å². The van der Waals surface area contributed by atoms with E-state index in [0.717, 1.165) is 20.4 Å². The molecule has 0 saturated heterocycles. The summed E-state index contributed by atoms with van der Waals surface area (Å²) in [5, 5.41) is 10.4. The van der Waals surface area contributed by atoms with Gasteiger partial charge in [0.05, 0.1) is 9.77 Å². The van der Waals surface area contributed by atoms with Crippen molar-refractivity contribution in [2.24, 2.45) is 5.73 Å². The van der Waals surface area contributed by atoms with E-state index in [1.165, 1.54) is 0 Å². The third-order valence-corrected chi connectivity index (χ3v) is 4.13. The molecule has 0 unspecified atom stereocenters. The Bertz CT molecular complexity index is 506. The summed E-state index contributed by atoms with van der Waals surface area (Å²) in [7, 11) is 0. The van der Waals surface area contributed by atoms with Gasteiger partial charge in [-0.25, -0.2) is 4.98 Å². The highest BCUT2D eigenvalue weighted by atomic mass is 32.2. The summed E-state index contributed by atoms with van der Waals surface area (Å²) in [6.07, 6.45) is 1.75. The molecule has 2 rings (SSSR count). The molecular formula is C11H11N3S2. The maximum atomic E-state index is 7.57. The van der Waals surface area contributed by atoms with E-state index in [9.17, 15) is 0 Å². The summed E-state index contributed by atoms with van der Waals surface area (Å²) in [6.45, 7) is 1.94. The minimum atomic E-state index is 0.0738. The maximum absolute atomic E-state index is 7.57. The van der Waals surface area contributed by atoms with Crippen molar-refractivity contribution in [3.63, 3.8) is 0 Å². The first-order valence-electron chi connectivity index (χ1n) is 4.70. The summed E-state index contributed by atoms with van der Waals surface area (Å²) in [5.41, 5.74) is 7.30. The summed E-state index contributed by atoms with van der Waals surface area (Å²) >= 11 is 3.21. The van der Waals surface area contributed by atoms with E-state index in [2.05, 4.69) is 4.98 Å². The molecule has 0 amide bonds. The lowest BCUT2D eigenvalue weighted by Gasteiger charge is -2.08. The van der Waals surface area contributed by atoms with Crippen LogP contribution < -0.4 is 5.73 Å². The molecule has 16 heavy (non-hydrogen) atoms. The molecule has 3 nitrogen and oxygen atoms in total. The molecule has 0 saturated carbocycles. The fourth-order valence-corrected chi connectivity index (χ4v) is 3.22. The van der Waals surface area contributed by atoms with Crippen LogP contribution in [0.2, 0.25) is 0 Å². The monoisotopic (exact) mass is 249 g/mol. The minimum Gasteiger partial charge on any atom is -0.384 e. The lowest BCUT2D eigenvalue weighted by atomic mass is 10.1. The predicted octanol–water partition coefficient (Wildman–Crippen LogP) is 2.89. The number of hydrogen-bond acceptors (Lipinski definition) is 4. The van der Waals surface area contributed by atoms with Gasteiger partial charge in [0.1, 0.15) is 10.9 Å². The van der Waals surface area contributed by atoms with Crippen LogP contribution in [0.4, 0.5) is 0 Å². The molecule has 0 aliphatic rings. The number of nitrogen functional groups attached to an aromatic ring is 1. The van der Waals surface area contributed by atoms with E-state index in [1.807, 2.05) is 30.5 Å². The Hall–Kier alpha value is -1.33. The Balaban J connectivity index is 2.40. The van der Waals surface area contributed by atoms with Crippen LogP contribution in [-0.2, 0) is 0 Å². The molecule has 82 valence electrons. The fourth-order valence-electron chi connectivity index (χ4n) is 1.36. The number of nitrogens with zero attached hydrogens (tertiary/aromatic N) is 1. The van der Waals surface area contributed by atoms with Gasteiger partial charge in [-0.2, -0.15) is 0 Å². The van der Waals surface area contributed by atoms with E-state index in [-0.39, 0.29) is 5.84 Å². The Kier molecular flexibility index (Phi) is 3.26. The number of aromatic nitrogens is 1. The molecule has 0 spiro atoms. The van der Waals surface area contributed by atoms with Crippen LogP contribution in [0.15, 0.2) is 39.0 Å². The van der Waals surface area contributed by atoms with Crippen LogP contribution >= 0.6 is 23.1 Å². The molecule has 2 heterocycles. The highest BCUT2D eigenvalue weighted by Gasteiger charge is 2.11. The van der Waals surface area contributed by atoms with Gasteiger partial charge in [-0.05, 0) is 30.0 Å². The van der Waals surface area contributed by atoms with E-state index >= 15 is 0 Å². The lowest BCUT2D eigenvalue weighted by molar-refractivity contribution is 1.09. The number of aryl methyl sites for hydroxylation is 1. The number of thiophene rings is 1. The van der Waals surface area contributed by atoms with Crippen LogP contribution in [0.3, 0.4) is 0 Å². The van der Waals surface area contributed by atoms with E-state index < -0.39 is 0 Å². The molecule has 0 bridgehead atoms. The molecular weight excluding hydrogens is 238 g/mol. The van der Waals surface area contributed by atoms with Gasteiger partial charge >= 0.3 is 0 Å². The average Bonchev–Trinajstić information content (AvgIpc) is 2.70. The van der Waals surface area contributed by atoms with Crippen molar-refractivity contribution in [2.45, 2.75) is 16.2 Å². The van der Waals surface area contributed by atoms with Gasteiger partial charge in [-0.3, -0.25) is 5.41 Å². The zero-order chi connectivity index (χ0) is 11.5. The number of pyridine rings is 1. The molecule has 0 radical (unpaired) electrons. The van der Waals surface area contributed by atoms with Gasteiger partial charge in [0, 0.05) is 6.20 Å². The summed E-state index contributed by atoms with van der Waals surface area (Å²) in [4.78, 5) is 4.28. The highest BCUT2D eigenvalue weighted by Crippen LogP contribution is 2.32. The van der Waals surface area contributed by atoms with Gasteiger partial charge < -0.3 is 5.73 Å². The van der Waals surface area contributed by atoms with Gasteiger partial charge in [-0.1, -0.05) is 17.8 Å². The number of rotatable bonds is 3. The van der Waals surface area contributed by atoms with Crippen molar-refractivity contribution < 1.29 is 0 Å². The van der Waals surface area contributed by atoms with Gasteiger partial charge in [-0.15, -0.1) is 11.3 Å². The van der Waals surface area contributed by atoms with Crippen molar-refractivity contribution in [3.8, 4) is 0 Å². The number of nitrogens with one attached hydrogen (secondary N) is 1. The third-order valence-electron chi connectivity index (χ3n) is 2.09. The van der Waals surface area contributed by atoms with Crippen molar-refractivity contribution >= 4 is 28.9 Å². The normalized spacial score (nSPS) is 10.3. The Morgan fingerprint density at radius 2 is 2.31 bits per heavy atom. The van der Waals surface area contributed by atoms with E-state index in [4.69, 9.17) is 11.1 Å². The second kappa shape index (κ2) is 4.67. The van der Waals surface area contributed by atoms with Gasteiger partial charge in [0.25, 0.3) is 0 Å². The summed E-state index contributed by atoms with van der Waals surface area (Å²) < 4.78 is 1.15. The van der Waals surface area contributed by atoms with Gasteiger partial charge in [0.2, 0.25) is 0 Å². The van der Waals surface area contributed by atoms with E-state index in [0.29, 0.717) is 0 Å². The van der Waals surface area contributed by atoms with Crippen LogP contribution in [0, 0.1) is 12.3 Å². The molecule has 3 N–H and O–H groups in total. The molecule has 5 heteroatoms. The topological polar surface area (TPSA) is 62.8 Å². The standard InChI is InChI=1S/C11H11N3S2/c1-7-4-5-14-11(9(7)10(12)13)16-8-3-2-6-15-8/h2-6H,1H3,(H3,12,13). The summed E-state index contributed by atoms with van der Waals surface area (Å²) in [6, 6.07) is 5.90. The molecule has 0 fully saturated rings. The van der Waals surface area contributed by atoms with Crippen LogP contribution in [0.25, 0.3) is 0 Å². The molecule has 2 aromatic heterocycles. The molecule has 0 aliphatic carbocycles. The van der Waals surface area contributed by atoms with Crippen molar-refractivity contribution in [2.75, 3.05) is 0 Å². The fraction of sp³-hybridized carbons (Fsp3) is 0.0909. The van der Waals surface area contributed by atoms with E-state index in [1.54, 1.807) is 29.3 Å². The largest absolute Gasteiger partial charge is 0.384 e.